The molecular formula is C23H26N4O2S2. The van der Waals surface area contributed by atoms with Crippen molar-refractivity contribution >= 4 is 39.8 Å². The summed E-state index contributed by atoms with van der Waals surface area (Å²) in [5.41, 5.74) is 0.902. The Balaban J connectivity index is 1.23. The summed E-state index contributed by atoms with van der Waals surface area (Å²) in [5, 5.41) is 15.5. The molecule has 1 amide bonds. The second kappa shape index (κ2) is 11.2. The van der Waals surface area contributed by atoms with E-state index >= 15 is 0 Å². The Hall–Kier alpha value is -2.58. The molecule has 2 N–H and O–H groups in total. The molecule has 1 aromatic heterocycles. The zero-order valence-corrected chi connectivity index (χ0v) is 18.9. The highest BCUT2D eigenvalue weighted by Crippen LogP contribution is 2.29. The third kappa shape index (κ3) is 6.97. The highest BCUT2D eigenvalue weighted by atomic mass is 32.2. The van der Waals surface area contributed by atoms with Crippen LogP contribution in [0.4, 0.5) is 10.8 Å². The van der Waals surface area contributed by atoms with Gasteiger partial charge in [0.05, 0.1) is 5.75 Å². The second-order valence-corrected chi connectivity index (χ2v) is 9.68. The van der Waals surface area contributed by atoms with E-state index in [0.717, 1.165) is 34.4 Å². The highest BCUT2D eigenvalue weighted by molar-refractivity contribution is 8.01. The van der Waals surface area contributed by atoms with Crippen LogP contribution in [-0.2, 0) is 4.79 Å². The maximum Gasteiger partial charge on any atom is 0.230 e. The molecule has 6 nitrogen and oxygen atoms in total. The molecule has 0 radical (unpaired) electrons. The fraction of sp³-hybridized carbons (Fsp3) is 0.348. The largest absolute Gasteiger partial charge is 0.457 e. The number of aromatic nitrogens is 2. The summed E-state index contributed by atoms with van der Waals surface area (Å²) < 4.78 is 6.59. The first-order valence-corrected chi connectivity index (χ1v) is 12.4. The summed E-state index contributed by atoms with van der Waals surface area (Å²) in [5.74, 6) is 2.02. The third-order valence-corrected chi connectivity index (χ3v) is 7.01. The predicted molar refractivity (Wildman–Crippen MR) is 127 cm³/mol. The molecule has 8 heteroatoms. The first-order chi connectivity index (χ1) is 15.2. The first-order valence-electron chi connectivity index (χ1n) is 10.6. The van der Waals surface area contributed by atoms with E-state index in [9.17, 15) is 4.79 Å². The maximum atomic E-state index is 12.3. The molecule has 4 rings (SSSR count). The van der Waals surface area contributed by atoms with E-state index in [4.69, 9.17) is 4.74 Å². The van der Waals surface area contributed by atoms with Crippen LogP contribution in [-0.4, -0.2) is 27.9 Å². The van der Waals surface area contributed by atoms with Crippen LogP contribution in [0.2, 0.25) is 0 Å². The number of carbonyl (C=O) groups excluding carboxylic acids is 1. The minimum atomic E-state index is 0.0793. The van der Waals surface area contributed by atoms with Crippen molar-refractivity contribution in [1.82, 2.24) is 15.5 Å². The number of benzene rings is 2. The zero-order valence-electron chi connectivity index (χ0n) is 17.3. The van der Waals surface area contributed by atoms with Gasteiger partial charge < -0.3 is 15.4 Å². The average Bonchev–Trinajstić information content (AvgIpc) is 3.08. The van der Waals surface area contributed by atoms with Crippen molar-refractivity contribution < 1.29 is 9.53 Å². The molecule has 0 atom stereocenters. The molecule has 1 heterocycles. The monoisotopic (exact) mass is 454 g/mol. The third-order valence-electron chi connectivity index (χ3n) is 5.04. The van der Waals surface area contributed by atoms with Crippen molar-refractivity contribution in [3.8, 4) is 11.5 Å². The molecule has 0 bridgehead atoms. The van der Waals surface area contributed by atoms with Crippen LogP contribution in [0.3, 0.4) is 0 Å². The van der Waals surface area contributed by atoms with Crippen LogP contribution in [0.15, 0.2) is 58.9 Å². The zero-order chi connectivity index (χ0) is 21.3. The number of carbonyl (C=O) groups is 1. The van der Waals surface area contributed by atoms with E-state index in [1.54, 1.807) is 0 Å². The van der Waals surface area contributed by atoms with Gasteiger partial charge in [-0.15, -0.1) is 10.2 Å². The van der Waals surface area contributed by atoms with Gasteiger partial charge >= 0.3 is 0 Å². The molecule has 1 saturated carbocycles. The minimum Gasteiger partial charge on any atom is -0.457 e. The standard InChI is InChI=1S/C23H26N4O2S2/c28-21(24-17-8-4-1-2-5-9-17)16-30-23-27-26-22(31-23)25-18-12-14-20(15-13-18)29-19-10-6-3-7-11-19/h3,6-7,10-15,17H,1-2,4-5,8-9,16H2,(H,24,28)(H,25,26). The van der Waals surface area contributed by atoms with Gasteiger partial charge in [0.25, 0.3) is 0 Å². The predicted octanol–water partition coefficient (Wildman–Crippen LogP) is 6.01. The minimum absolute atomic E-state index is 0.0793. The number of thioether (sulfide) groups is 1. The molecule has 2 aromatic carbocycles. The lowest BCUT2D eigenvalue weighted by Gasteiger charge is -2.15. The Labute approximate surface area is 190 Å². The van der Waals surface area contributed by atoms with Gasteiger partial charge in [0.2, 0.25) is 11.0 Å². The van der Waals surface area contributed by atoms with E-state index in [0.29, 0.717) is 16.9 Å². The molecule has 162 valence electrons. The normalized spacial score (nSPS) is 14.6. The Morgan fingerprint density at radius 2 is 1.68 bits per heavy atom. The lowest BCUT2D eigenvalue weighted by Crippen LogP contribution is -2.35. The molecule has 31 heavy (non-hydrogen) atoms. The smallest absolute Gasteiger partial charge is 0.230 e. The molecule has 1 aliphatic carbocycles. The molecule has 0 unspecified atom stereocenters. The number of ether oxygens (including phenoxy) is 1. The molecule has 0 spiro atoms. The quantitative estimate of drug-likeness (QED) is 0.321. The summed E-state index contributed by atoms with van der Waals surface area (Å²) in [7, 11) is 0. The Morgan fingerprint density at radius 1 is 0.968 bits per heavy atom. The Morgan fingerprint density at radius 3 is 2.42 bits per heavy atom. The number of hydrogen-bond acceptors (Lipinski definition) is 7. The summed E-state index contributed by atoms with van der Waals surface area (Å²) in [6.07, 6.45) is 7.18. The number of amides is 1. The molecule has 0 aliphatic heterocycles. The maximum absolute atomic E-state index is 12.3. The van der Waals surface area contributed by atoms with E-state index < -0.39 is 0 Å². The number of rotatable bonds is 8. The topological polar surface area (TPSA) is 76.1 Å². The van der Waals surface area contributed by atoms with E-state index in [2.05, 4.69) is 20.8 Å². The van der Waals surface area contributed by atoms with Crippen molar-refractivity contribution in [2.45, 2.75) is 48.9 Å². The van der Waals surface area contributed by atoms with Gasteiger partial charge in [-0.2, -0.15) is 0 Å². The number of para-hydroxylation sites is 1. The van der Waals surface area contributed by atoms with E-state index in [-0.39, 0.29) is 5.91 Å². The van der Waals surface area contributed by atoms with Crippen molar-refractivity contribution in [3.63, 3.8) is 0 Å². The van der Waals surface area contributed by atoms with Crippen LogP contribution in [0.5, 0.6) is 11.5 Å². The summed E-state index contributed by atoms with van der Waals surface area (Å²) in [6.45, 7) is 0. The van der Waals surface area contributed by atoms with Gasteiger partial charge in [-0.3, -0.25) is 4.79 Å². The lowest BCUT2D eigenvalue weighted by atomic mass is 10.1. The second-order valence-electron chi connectivity index (χ2n) is 7.48. The molecule has 3 aromatic rings. The number of nitrogens with one attached hydrogen (secondary N) is 2. The first kappa shape index (κ1) is 21.6. The van der Waals surface area contributed by atoms with Crippen LogP contribution in [0, 0.1) is 0 Å². The summed E-state index contributed by atoms with van der Waals surface area (Å²) in [4.78, 5) is 12.3. The van der Waals surface area contributed by atoms with E-state index in [1.807, 2.05) is 54.6 Å². The van der Waals surface area contributed by atoms with Gasteiger partial charge in [0, 0.05) is 11.7 Å². The fourth-order valence-corrected chi connectivity index (χ4v) is 5.08. The van der Waals surface area contributed by atoms with Crippen LogP contribution in [0.1, 0.15) is 38.5 Å². The average molecular weight is 455 g/mol. The summed E-state index contributed by atoms with van der Waals surface area (Å²) >= 11 is 2.87. The fourth-order valence-electron chi connectivity index (χ4n) is 3.49. The number of anilines is 2. The van der Waals surface area contributed by atoms with Gasteiger partial charge in [0.15, 0.2) is 4.34 Å². The molecular weight excluding hydrogens is 428 g/mol. The molecule has 1 aliphatic rings. The van der Waals surface area contributed by atoms with Crippen LogP contribution < -0.4 is 15.4 Å². The molecule has 0 saturated heterocycles. The van der Waals surface area contributed by atoms with E-state index in [1.165, 1.54) is 48.8 Å². The van der Waals surface area contributed by atoms with Crippen molar-refractivity contribution in [2.24, 2.45) is 0 Å². The number of hydrogen-bond donors (Lipinski definition) is 2. The lowest BCUT2D eigenvalue weighted by molar-refractivity contribution is -0.119. The van der Waals surface area contributed by atoms with Crippen molar-refractivity contribution in [3.05, 3.63) is 54.6 Å². The van der Waals surface area contributed by atoms with Crippen LogP contribution >= 0.6 is 23.1 Å². The SMILES string of the molecule is O=C(CSc1nnc(Nc2ccc(Oc3ccccc3)cc2)s1)NC1CCCCCC1. The summed E-state index contributed by atoms with van der Waals surface area (Å²) in [6, 6.07) is 17.7. The van der Waals surface area contributed by atoms with Crippen molar-refractivity contribution in [1.29, 1.82) is 0 Å². The Bertz CT molecular complexity index is 955. The van der Waals surface area contributed by atoms with Gasteiger partial charge in [0.1, 0.15) is 11.5 Å². The van der Waals surface area contributed by atoms with Gasteiger partial charge in [-0.25, -0.2) is 0 Å². The van der Waals surface area contributed by atoms with Gasteiger partial charge in [-0.05, 0) is 49.2 Å². The highest BCUT2D eigenvalue weighted by Gasteiger charge is 2.15. The number of nitrogens with zero attached hydrogens (tertiary/aromatic N) is 2. The molecule has 1 fully saturated rings. The van der Waals surface area contributed by atoms with Crippen LogP contribution in [0.25, 0.3) is 0 Å². The van der Waals surface area contributed by atoms with Crippen molar-refractivity contribution in [2.75, 3.05) is 11.1 Å². The van der Waals surface area contributed by atoms with Gasteiger partial charge in [-0.1, -0.05) is 67.0 Å². The Kier molecular flexibility index (Phi) is 7.79.